The Kier molecular flexibility index (Phi) is 4.63. The summed E-state index contributed by atoms with van der Waals surface area (Å²) in [5.41, 5.74) is 7.40. The SMILES string of the molecule is Cc1cc(C(N)Cc2ccc(Cl)cc2Cl)c(F)cc1F. The molecular weight excluding hydrogens is 303 g/mol. The lowest BCUT2D eigenvalue weighted by atomic mass is 9.97. The van der Waals surface area contributed by atoms with E-state index in [1.807, 2.05) is 0 Å². The fourth-order valence-corrected chi connectivity index (χ4v) is 2.48. The van der Waals surface area contributed by atoms with Gasteiger partial charge in [-0.3, -0.25) is 0 Å². The van der Waals surface area contributed by atoms with Crippen molar-refractivity contribution in [3.05, 3.63) is 68.7 Å². The van der Waals surface area contributed by atoms with E-state index < -0.39 is 17.7 Å². The molecule has 0 spiro atoms. The van der Waals surface area contributed by atoms with Crippen molar-refractivity contribution in [1.82, 2.24) is 0 Å². The highest BCUT2D eigenvalue weighted by Gasteiger charge is 2.16. The van der Waals surface area contributed by atoms with Gasteiger partial charge in [-0.05, 0) is 42.7 Å². The number of halogens is 4. The van der Waals surface area contributed by atoms with Crippen LogP contribution in [0.25, 0.3) is 0 Å². The molecule has 1 atom stereocenters. The molecule has 106 valence electrons. The Morgan fingerprint density at radius 3 is 2.45 bits per heavy atom. The predicted molar refractivity (Wildman–Crippen MR) is 78.2 cm³/mol. The topological polar surface area (TPSA) is 26.0 Å². The molecule has 1 unspecified atom stereocenters. The third kappa shape index (κ3) is 3.29. The largest absolute Gasteiger partial charge is 0.324 e. The summed E-state index contributed by atoms with van der Waals surface area (Å²) in [5.74, 6) is -1.23. The molecule has 2 aromatic rings. The Bertz CT molecular complexity index is 644. The lowest BCUT2D eigenvalue weighted by Gasteiger charge is -2.15. The lowest BCUT2D eigenvalue weighted by Crippen LogP contribution is -2.16. The number of nitrogens with two attached hydrogens (primary N) is 1. The second-order valence-corrected chi connectivity index (χ2v) is 5.51. The molecule has 20 heavy (non-hydrogen) atoms. The Hall–Kier alpha value is -1.16. The monoisotopic (exact) mass is 315 g/mol. The Labute approximate surface area is 126 Å². The second kappa shape index (κ2) is 6.08. The molecule has 0 fully saturated rings. The number of benzene rings is 2. The minimum atomic E-state index is -0.648. The zero-order valence-electron chi connectivity index (χ0n) is 10.8. The minimum absolute atomic E-state index is 0.273. The van der Waals surface area contributed by atoms with Gasteiger partial charge in [-0.2, -0.15) is 0 Å². The van der Waals surface area contributed by atoms with Crippen molar-refractivity contribution < 1.29 is 8.78 Å². The van der Waals surface area contributed by atoms with Gasteiger partial charge in [0, 0.05) is 27.7 Å². The van der Waals surface area contributed by atoms with E-state index in [1.54, 1.807) is 25.1 Å². The van der Waals surface area contributed by atoms with Crippen molar-refractivity contribution in [3.63, 3.8) is 0 Å². The quantitative estimate of drug-likeness (QED) is 0.863. The Morgan fingerprint density at radius 2 is 1.80 bits per heavy atom. The molecule has 1 nitrogen and oxygen atoms in total. The molecule has 0 aliphatic heterocycles. The molecule has 0 bridgehead atoms. The number of hydrogen-bond donors (Lipinski definition) is 1. The predicted octanol–water partition coefficient (Wildman–Crippen LogP) is 4.82. The van der Waals surface area contributed by atoms with E-state index in [2.05, 4.69) is 0 Å². The van der Waals surface area contributed by atoms with Gasteiger partial charge >= 0.3 is 0 Å². The van der Waals surface area contributed by atoms with Crippen LogP contribution < -0.4 is 5.73 Å². The molecule has 5 heteroatoms. The van der Waals surface area contributed by atoms with Gasteiger partial charge in [0.1, 0.15) is 11.6 Å². The third-order valence-electron chi connectivity index (χ3n) is 3.13. The molecule has 2 N–H and O–H groups in total. The average molecular weight is 316 g/mol. The molecule has 0 heterocycles. The number of hydrogen-bond acceptors (Lipinski definition) is 1. The number of rotatable bonds is 3. The molecule has 2 rings (SSSR count). The summed E-state index contributed by atoms with van der Waals surface area (Å²) in [5, 5.41) is 1.00. The molecule has 0 radical (unpaired) electrons. The van der Waals surface area contributed by atoms with Crippen molar-refractivity contribution in [3.8, 4) is 0 Å². The summed E-state index contributed by atoms with van der Waals surface area (Å²) in [7, 11) is 0. The molecule has 0 aromatic heterocycles. The summed E-state index contributed by atoms with van der Waals surface area (Å²) < 4.78 is 27.0. The van der Waals surface area contributed by atoms with Gasteiger partial charge in [0.15, 0.2) is 0 Å². The summed E-state index contributed by atoms with van der Waals surface area (Å²) in [6.07, 6.45) is 0.345. The van der Waals surface area contributed by atoms with Gasteiger partial charge in [0.25, 0.3) is 0 Å². The highest BCUT2D eigenvalue weighted by Crippen LogP contribution is 2.27. The van der Waals surface area contributed by atoms with Crippen LogP contribution in [0, 0.1) is 18.6 Å². The van der Waals surface area contributed by atoms with Crippen molar-refractivity contribution in [2.24, 2.45) is 5.73 Å². The first-order valence-corrected chi connectivity index (χ1v) is 6.79. The van der Waals surface area contributed by atoms with Crippen molar-refractivity contribution in [2.45, 2.75) is 19.4 Å². The maximum absolute atomic E-state index is 13.8. The Balaban J connectivity index is 2.28. The molecule has 0 amide bonds. The van der Waals surface area contributed by atoms with E-state index in [4.69, 9.17) is 28.9 Å². The van der Waals surface area contributed by atoms with E-state index in [9.17, 15) is 8.78 Å². The van der Waals surface area contributed by atoms with Crippen LogP contribution in [-0.4, -0.2) is 0 Å². The van der Waals surface area contributed by atoms with Crippen LogP contribution in [-0.2, 0) is 6.42 Å². The van der Waals surface area contributed by atoms with Crippen molar-refractivity contribution in [2.75, 3.05) is 0 Å². The maximum Gasteiger partial charge on any atom is 0.130 e. The number of aryl methyl sites for hydroxylation is 1. The first-order valence-electron chi connectivity index (χ1n) is 6.03. The van der Waals surface area contributed by atoms with Gasteiger partial charge < -0.3 is 5.73 Å². The fraction of sp³-hybridized carbons (Fsp3) is 0.200. The summed E-state index contributed by atoms with van der Waals surface area (Å²) in [6.45, 7) is 1.57. The molecular formula is C15H13Cl2F2N. The average Bonchev–Trinajstić information content (AvgIpc) is 2.37. The minimum Gasteiger partial charge on any atom is -0.324 e. The summed E-state index contributed by atoms with van der Waals surface area (Å²) >= 11 is 11.9. The highest BCUT2D eigenvalue weighted by atomic mass is 35.5. The highest BCUT2D eigenvalue weighted by molar-refractivity contribution is 6.35. The fourth-order valence-electron chi connectivity index (χ4n) is 2.00. The molecule has 2 aromatic carbocycles. The van der Waals surface area contributed by atoms with Crippen LogP contribution in [0.4, 0.5) is 8.78 Å². The third-order valence-corrected chi connectivity index (χ3v) is 3.72. The lowest BCUT2D eigenvalue weighted by molar-refractivity contribution is 0.550. The molecule has 0 saturated carbocycles. The van der Waals surface area contributed by atoms with E-state index >= 15 is 0 Å². The van der Waals surface area contributed by atoms with Crippen LogP contribution in [0.2, 0.25) is 10.0 Å². The maximum atomic E-state index is 13.8. The van der Waals surface area contributed by atoms with Gasteiger partial charge in [-0.1, -0.05) is 29.3 Å². The summed E-state index contributed by atoms with van der Waals surface area (Å²) in [6, 6.07) is 6.73. The van der Waals surface area contributed by atoms with E-state index in [-0.39, 0.29) is 5.56 Å². The second-order valence-electron chi connectivity index (χ2n) is 4.67. The van der Waals surface area contributed by atoms with E-state index in [0.717, 1.165) is 11.6 Å². The van der Waals surface area contributed by atoms with Crippen LogP contribution >= 0.6 is 23.2 Å². The Morgan fingerprint density at radius 1 is 1.10 bits per heavy atom. The molecule has 0 aliphatic rings. The van der Waals surface area contributed by atoms with E-state index in [1.165, 1.54) is 6.07 Å². The molecule has 0 saturated heterocycles. The first kappa shape index (κ1) is 15.2. The first-order chi connectivity index (χ1) is 9.38. The van der Waals surface area contributed by atoms with Crippen molar-refractivity contribution in [1.29, 1.82) is 0 Å². The normalized spacial score (nSPS) is 12.5. The zero-order chi connectivity index (χ0) is 14.9. The van der Waals surface area contributed by atoms with Crippen molar-refractivity contribution >= 4 is 23.2 Å². The van der Waals surface area contributed by atoms with Gasteiger partial charge in [-0.25, -0.2) is 8.78 Å². The smallest absolute Gasteiger partial charge is 0.130 e. The summed E-state index contributed by atoms with van der Waals surface area (Å²) in [4.78, 5) is 0. The van der Waals surface area contributed by atoms with Crippen LogP contribution in [0.1, 0.15) is 22.7 Å². The van der Waals surface area contributed by atoms with Gasteiger partial charge in [0.05, 0.1) is 0 Å². The van der Waals surface area contributed by atoms with Crippen LogP contribution in [0.15, 0.2) is 30.3 Å². The zero-order valence-corrected chi connectivity index (χ0v) is 12.3. The van der Waals surface area contributed by atoms with E-state index in [0.29, 0.717) is 22.0 Å². The standard InChI is InChI=1S/C15H13Cl2F2N/c1-8-4-11(14(19)7-13(8)18)15(20)5-9-2-3-10(16)6-12(9)17/h2-4,6-7,15H,5,20H2,1H3. The van der Waals surface area contributed by atoms with Crippen LogP contribution in [0.3, 0.4) is 0 Å². The van der Waals surface area contributed by atoms with Crippen LogP contribution in [0.5, 0.6) is 0 Å². The molecule has 0 aliphatic carbocycles. The van der Waals surface area contributed by atoms with Gasteiger partial charge in [0.2, 0.25) is 0 Å². The van der Waals surface area contributed by atoms with Gasteiger partial charge in [-0.15, -0.1) is 0 Å².